The molecular weight excluding hydrogens is 259 g/mol. The van der Waals surface area contributed by atoms with Crippen molar-refractivity contribution < 1.29 is 9.18 Å². The molecule has 0 fully saturated rings. The maximum absolute atomic E-state index is 13.6. The molecule has 20 heavy (non-hydrogen) atoms. The molecule has 1 amide bonds. The standard InChI is InChI=1S/C14H15FN4O/c1-3-17-13-8-16-7-12(18-13)14(20)19-11-6-9(2)4-5-10(11)15/h4-8H,3H2,1-2H3,(H,17,18)(H,19,20). The number of nitrogens with one attached hydrogen (secondary N) is 2. The number of hydrogen-bond acceptors (Lipinski definition) is 4. The number of carbonyl (C=O) groups is 1. The Labute approximate surface area is 116 Å². The van der Waals surface area contributed by atoms with Gasteiger partial charge in [-0.25, -0.2) is 9.37 Å². The largest absolute Gasteiger partial charge is 0.369 e. The first-order valence-corrected chi connectivity index (χ1v) is 6.23. The zero-order chi connectivity index (χ0) is 14.5. The summed E-state index contributed by atoms with van der Waals surface area (Å²) in [7, 11) is 0. The first kappa shape index (κ1) is 13.9. The maximum Gasteiger partial charge on any atom is 0.276 e. The summed E-state index contributed by atoms with van der Waals surface area (Å²) in [5, 5.41) is 5.45. The predicted octanol–water partition coefficient (Wildman–Crippen LogP) is 2.61. The number of benzene rings is 1. The Morgan fingerprint density at radius 3 is 2.90 bits per heavy atom. The van der Waals surface area contributed by atoms with Crippen LogP contribution >= 0.6 is 0 Å². The van der Waals surface area contributed by atoms with Gasteiger partial charge >= 0.3 is 0 Å². The molecule has 0 unspecified atom stereocenters. The SMILES string of the molecule is CCNc1cncc(C(=O)Nc2cc(C)ccc2F)n1. The molecule has 0 radical (unpaired) electrons. The molecule has 0 aliphatic carbocycles. The highest BCUT2D eigenvalue weighted by molar-refractivity contribution is 6.02. The van der Waals surface area contributed by atoms with Crippen LogP contribution in [0.15, 0.2) is 30.6 Å². The van der Waals surface area contributed by atoms with E-state index in [-0.39, 0.29) is 11.4 Å². The Hall–Kier alpha value is -2.50. The molecule has 0 aliphatic rings. The predicted molar refractivity (Wildman–Crippen MR) is 75.3 cm³/mol. The number of amides is 1. The van der Waals surface area contributed by atoms with Gasteiger partial charge in [0, 0.05) is 6.54 Å². The highest BCUT2D eigenvalue weighted by Crippen LogP contribution is 2.16. The van der Waals surface area contributed by atoms with Gasteiger partial charge in [-0.2, -0.15) is 0 Å². The maximum atomic E-state index is 13.6. The molecule has 2 rings (SSSR count). The third-order valence-corrected chi connectivity index (χ3v) is 2.60. The van der Waals surface area contributed by atoms with Crippen LogP contribution in [0.1, 0.15) is 23.0 Å². The lowest BCUT2D eigenvalue weighted by atomic mass is 10.2. The third-order valence-electron chi connectivity index (χ3n) is 2.60. The second-order valence-corrected chi connectivity index (χ2v) is 4.26. The van der Waals surface area contributed by atoms with Gasteiger partial charge in [0.15, 0.2) is 0 Å². The van der Waals surface area contributed by atoms with E-state index in [0.29, 0.717) is 12.4 Å². The van der Waals surface area contributed by atoms with Crippen molar-refractivity contribution in [1.82, 2.24) is 9.97 Å². The second-order valence-electron chi connectivity index (χ2n) is 4.26. The number of rotatable bonds is 4. The molecule has 0 aliphatic heterocycles. The number of nitrogens with zero attached hydrogens (tertiary/aromatic N) is 2. The van der Waals surface area contributed by atoms with Crippen LogP contribution in [0.4, 0.5) is 15.9 Å². The lowest BCUT2D eigenvalue weighted by Crippen LogP contribution is -2.16. The summed E-state index contributed by atoms with van der Waals surface area (Å²) in [6, 6.07) is 4.51. The summed E-state index contributed by atoms with van der Waals surface area (Å²) < 4.78 is 13.6. The van der Waals surface area contributed by atoms with Crippen molar-refractivity contribution in [1.29, 1.82) is 0 Å². The molecule has 0 saturated heterocycles. The Morgan fingerprint density at radius 1 is 1.35 bits per heavy atom. The first-order valence-electron chi connectivity index (χ1n) is 6.23. The summed E-state index contributed by atoms with van der Waals surface area (Å²) in [6.45, 7) is 4.41. The Morgan fingerprint density at radius 2 is 2.15 bits per heavy atom. The van der Waals surface area contributed by atoms with Crippen molar-refractivity contribution in [3.05, 3.63) is 47.7 Å². The average Bonchev–Trinajstić information content (AvgIpc) is 2.43. The highest BCUT2D eigenvalue weighted by Gasteiger charge is 2.11. The van der Waals surface area contributed by atoms with Gasteiger partial charge in [-0.3, -0.25) is 9.78 Å². The number of carbonyl (C=O) groups excluding carboxylic acids is 1. The van der Waals surface area contributed by atoms with E-state index in [1.807, 2.05) is 13.8 Å². The number of aromatic nitrogens is 2. The van der Waals surface area contributed by atoms with Crippen LogP contribution < -0.4 is 10.6 Å². The monoisotopic (exact) mass is 274 g/mol. The first-order chi connectivity index (χ1) is 9.60. The normalized spacial score (nSPS) is 10.2. The minimum atomic E-state index is -0.498. The van der Waals surface area contributed by atoms with E-state index in [2.05, 4.69) is 20.6 Å². The molecule has 2 N–H and O–H groups in total. The molecule has 0 spiro atoms. The average molecular weight is 274 g/mol. The van der Waals surface area contributed by atoms with Crippen molar-refractivity contribution in [3.8, 4) is 0 Å². The smallest absolute Gasteiger partial charge is 0.276 e. The number of halogens is 1. The fourth-order valence-corrected chi connectivity index (χ4v) is 1.66. The molecule has 1 heterocycles. The van der Waals surface area contributed by atoms with Gasteiger partial charge in [-0.15, -0.1) is 0 Å². The van der Waals surface area contributed by atoms with E-state index in [1.165, 1.54) is 18.5 Å². The third kappa shape index (κ3) is 3.28. The van der Waals surface area contributed by atoms with Crippen LogP contribution in [0.2, 0.25) is 0 Å². The van der Waals surface area contributed by atoms with Crippen LogP contribution in [0.5, 0.6) is 0 Å². The molecule has 6 heteroatoms. The molecular formula is C14H15FN4O. The van der Waals surface area contributed by atoms with Crippen molar-refractivity contribution in [2.75, 3.05) is 17.2 Å². The fraction of sp³-hybridized carbons (Fsp3) is 0.214. The van der Waals surface area contributed by atoms with Crippen LogP contribution in [0, 0.1) is 12.7 Å². The molecule has 104 valence electrons. The Balaban J connectivity index is 2.19. The Kier molecular flexibility index (Phi) is 4.24. The van der Waals surface area contributed by atoms with Crippen molar-refractivity contribution in [3.63, 3.8) is 0 Å². The summed E-state index contributed by atoms with van der Waals surface area (Å²) >= 11 is 0. The van der Waals surface area contributed by atoms with E-state index in [9.17, 15) is 9.18 Å². The zero-order valence-electron chi connectivity index (χ0n) is 11.3. The van der Waals surface area contributed by atoms with Crippen molar-refractivity contribution in [2.45, 2.75) is 13.8 Å². The van der Waals surface area contributed by atoms with E-state index in [4.69, 9.17) is 0 Å². The molecule has 1 aromatic heterocycles. The quantitative estimate of drug-likeness (QED) is 0.899. The highest BCUT2D eigenvalue weighted by atomic mass is 19.1. The van der Waals surface area contributed by atoms with Crippen LogP contribution in [-0.4, -0.2) is 22.4 Å². The fourth-order valence-electron chi connectivity index (χ4n) is 1.66. The number of anilines is 2. The summed E-state index contributed by atoms with van der Waals surface area (Å²) in [6.07, 6.45) is 2.86. The molecule has 1 aromatic carbocycles. The zero-order valence-corrected chi connectivity index (χ0v) is 11.3. The van der Waals surface area contributed by atoms with Gasteiger partial charge in [0.25, 0.3) is 5.91 Å². The molecule has 0 atom stereocenters. The van der Waals surface area contributed by atoms with Gasteiger partial charge in [0.1, 0.15) is 17.3 Å². The molecule has 2 aromatic rings. The van der Waals surface area contributed by atoms with Gasteiger partial charge in [0.05, 0.1) is 18.1 Å². The van der Waals surface area contributed by atoms with Gasteiger partial charge in [-0.1, -0.05) is 6.07 Å². The Bertz CT molecular complexity index is 630. The van der Waals surface area contributed by atoms with E-state index < -0.39 is 11.7 Å². The second kappa shape index (κ2) is 6.10. The lowest BCUT2D eigenvalue weighted by Gasteiger charge is -2.08. The van der Waals surface area contributed by atoms with Gasteiger partial charge in [-0.05, 0) is 31.5 Å². The summed E-state index contributed by atoms with van der Waals surface area (Å²) in [5.74, 6) is -0.480. The van der Waals surface area contributed by atoms with Crippen LogP contribution in [0.3, 0.4) is 0 Å². The minimum absolute atomic E-state index is 0.129. The minimum Gasteiger partial charge on any atom is -0.369 e. The van der Waals surface area contributed by atoms with Crippen molar-refractivity contribution in [2.24, 2.45) is 0 Å². The van der Waals surface area contributed by atoms with Crippen LogP contribution in [0.25, 0.3) is 0 Å². The van der Waals surface area contributed by atoms with Gasteiger partial charge < -0.3 is 10.6 Å². The summed E-state index contributed by atoms with van der Waals surface area (Å²) in [4.78, 5) is 20.1. The van der Waals surface area contributed by atoms with Crippen LogP contribution in [-0.2, 0) is 0 Å². The molecule has 0 saturated carbocycles. The lowest BCUT2D eigenvalue weighted by molar-refractivity contribution is 0.102. The molecule has 0 bridgehead atoms. The number of aryl methyl sites for hydroxylation is 1. The topological polar surface area (TPSA) is 66.9 Å². The van der Waals surface area contributed by atoms with E-state index >= 15 is 0 Å². The van der Waals surface area contributed by atoms with Crippen molar-refractivity contribution >= 4 is 17.4 Å². The number of hydrogen-bond donors (Lipinski definition) is 2. The van der Waals surface area contributed by atoms with E-state index in [1.54, 1.807) is 12.1 Å². The summed E-state index contributed by atoms with van der Waals surface area (Å²) in [5.41, 5.74) is 1.11. The molecule has 5 nitrogen and oxygen atoms in total. The van der Waals surface area contributed by atoms with Gasteiger partial charge in [0.2, 0.25) is 0 Å². The van der Waals surface area contributed by atoms with E-state index in [0.717, 1.165) is 5.56 Å².